The molecule has 1 aliphatic heterocycles. The summed E-state index contributed by atoms with van der Waals surface area (Å²) in [6, 6.07) is -1.70. The predicted octanol–water partition coefficient (Wildman–Crippen LogP) is 1.73. The number of piperidine rings is 1. The zero-order chi connectivity index (χ0) is 25.6. The van der Waals surface area contributed by atoms with Crippen molar-refractivity contribution in [2.45, 2.75) is 58.9 Å². The van der Waals surface area contributed by atoms with Gasteiger partial charge in [-0.15, -0.1) is 0 Å². The van der Waals surface area contributed by atoms with Crippen molar-refractivity contribution in [3.63, 3.8) is 0 Å². The molecule has 12 heteroatoms. The van der Waals surface area contributed by atoms with E-state index in [4.69, 9.17) is 0 Å². The van der Waals surface area contributed by atoms with Gasteiger partial charge in [0.15, 0.2) is 6.04 Å². The number of nitrogens with one attached hydrogen (secondary N) is 2. The van der Waals surface area contributed by atoms with Crippen molar-refractivity contribution in [2.75, 3.05) is 6.54 Å². The number of rotatable bonds is 5. The first-order chi connectivity index (χ1) is 15.6. The van der Waals surface area contributed by atoms with Gasteiger partial charge < -0.3 is 15.5 Å². The van der Waals surface area contributed by atoms with Gasteiger partial charge in [-0.3, -0.25) is 24.4 Å². The first-order valence-electron chi connectivity index (χ1n) is 10.7. The lowest BCUT2D eigenvalue weighted by Gasteiger charge is -2.37. The van der Waals surface area contributed by atoms with Crippen LogP contribution in [0.1, 0.15) is 46.4 Å². The van der Waals surface area contributed by atoms with Crippen LogP contribution in [0.3, 0.4) is 0 Å². The lowest BCUT2D eigenvalue weighted by molar-refractivity contribution is -0.176. The highest BCUT2D eigenvalue weighted by Gasteiger charge is 2.70. The second-order valence-corrected chi connectivity index (χ2v) is 10.4. The Bertz CT molecular complexity index is 1020. The molecule has 1 aliphatic carbocycles. The van der Waals surface area contributed by atoms with Crippen LogP contribution in [-0.4, -0.2) is 57.4 Å². The number of amides is 3. The Balaban J connectivity index is 1.87. The molecule has 3 rings (SSSR count). The molecular formula is C22H27F3N6O3. The molecule has 34 heavy (non-hydrogen) atoms. The molecule has 184 valence electrons. The molecule has 3 amide bonds. The van der Waals surface area contributed by atoms with Crippen LogP contribution in [0, 0.1) is 34.0 Å². The third kappa shape index (κ3) is 4.69. The van der Waals surface area contributed by atoms with Crippen LogP contribution in [0.2, 0.25) is 0 Å². The first kappa shape index (κ1) is 25.4. The highest BCUT2D eigenvalue weighted by Crippen LogP contribution is 2.65. The molecule has 2 N–H and O–H groups in total. The largest absolute Gasteiger partial charge is 0.471 e. The van der Waals surface area contributed by atoms with Crippen molar-refractivity contribution >= 4 is 17.7 Å². The van der Waals surface area contributed by atoms with Crippen molar-refractivity contribution in [2.24, 2.45) is 22.7 Å². The van der Waals surface area contributed by atoms with Gasteiger partial charge in [-0.25, -0.2) is 0 Å². The van der Waals surface area contributed by atoms with E-state index in [1.54, 1.807) is 5.32 Å². The standard InChI is InChI=1S/C22H27F3N6O3/c1-20(2,3)16(30-19(34)22(23,24)25)18(33)31-10-11-14(21(11,4)5)15(31)17(32)29-12(8-26)13-9-27-6-7-28-13/h6-7,9,11-12,14-16H,10H2,1-5H3,(H,29,32)(H,30,34)/t11-,12?,14-,15-,16?/m0/s1. The number of fused-ring (bicyclic) bond motifs is 1. The number of likely N-dealkylation sites (tertiary alicyclic amines) is 1. The SMILES string of the molecule is CC(C)(C)C(NC(=O)C(F)(F)F)C(=O)N1C[C@H]2[C@@H]([C@H]1C(=O)NC(C#N)c1cnccn1)C2(C)C. The molecule has 2 aliphatic rings. The molecule has 1 aromatic rings. The highest BCUT2D eigenvalue weighted by molar-refractivity contribution is 5.95. The fourth-order valence-corrected chi connectivity index (χ4v) is 4.70. The Morgan fingerprint density at radius 3 is 2.35 bits per heavy atom. The molecule has 1 aromatic heterocycles. The van der Waals surface area contributed by atoms with Gasteiger partial charge in [0, 0.05) is 18.9 Å². The summed E-state index contributed by atoms with van der Waals surface area (Å²) in [4.78, 5) is 47.5. The van der Waals surface area contributed by atoms with Crippen LogP contribution in [0.15, 0.2) is 18.6 Å². The van der Waals surface area contributed by atoms with Crippen molar-refractivity contribution in [1.82, 2.24) is 25.5 Å². The Labute approximate surface area is 195 Å². The summed E-state index contributed by atoms with van der Waals surface area (Å²) in [6.45, 7) is 8.64. The van der Waals surface area contributed by atoms with Crippen LogP contribution in [0.25, 0.3) is 0 Å². The third-order valence-corrected chi connectivity index (χ3v) is 6.70. The summed E-state index contributed by atoms with van der Waals surface area (Å²) in [5, 5.41) is 13.9. The van der Waals surface area contributed by atoms with E-state index in [0.717, 1.165) is 0 Å². The molecule has 0 spiro atoms. The maximum absolute atomic E-state index is 13.4. The number of nitriles is 1. The molecular weight excluding hydrogens is 453 g/mol. The summed E-state index contributed by atoms with van der Waals surface area (Å²) in [6.07, 6.45) is -1.05. The third-order valence-electron chi connectivity index (χ3n) is 6.70. The zero-order valence-corrected chi connectivity index (χ0v) is 19.5. The Hall–Kier alpha value is -3.23. The summed E-state index contributed by atoms with van der Waals surface area (Å²) < 4.78 is 38.7. The van der Waals surface area contributed by atoms with E-state index in [-0.39, 0.29) is 29.5 Å². The smallest absolute Gasteiger partial charge is 0.336 e. The predicted molar refractivity (Wildman–Crippen MR) is 112 cm³/mol. The van der Waals surface area contributed by atoms with E-state index in [1.807, 2.05) is 19.9 Å². The molecule has 9 nitrogen and oxygen atoms in total. The van der Waals surface area contributed by atoms with Crippen molar-refractivity contribution in [3.8, 4) is 6.07 Å². The van der Waals surface area contributed by atoms with Crippen molar-refractivity contribution < 1.29 is 27.6 Å². The lowest BCUT2D eigenvalue weighted by Crippen LogP contribution is -2.60. The van der Waals surface area contributed by atoms with Crippen molar-refractivity contribution in [1.29, 1.82) is 5.26 Å². The van der Waals surface area contributed by atoms with Gasteiger partial charge in [0.25, 0.3) is 0 Å². The normalized spacial score (nSPS) is 24.9. The van der Waals surface area contributed by atoms with Gasteiger partial charge in [0.2, 0.25) is 11.8 Å². The van der Waals surface area contributed by atoms with Gasteiger partial charge in [0.05, 0.1) is 18.0 Å². The van der Waals surface area contributed by atoms with Gasteiger partial charge in [-0.05, 0) is 22.7 Å². The lowest BCUT2D eigenvalue weighted by atomic mass is 9.85. The van der Waals surface area contributed by atoms with Crippen LogP contribution in [0.4, 0.5) is 13.2 Å². The fourth-order valence-electron chi connectivity index (χ4n) is 4.70. The van der Waals surface area contributed by atoms with E-state index >= 15 is 0 Å². The second-order valence-electron chi connectivity index (χ2n) is 10.4. The first-order valence-corrected chi connectivity index (χ1v) is 10.7. The molecule has 0 bridgehead atoms. The van der Waals surface area contributed by atoms with Crippen LogP contribution in [-0.2, 0) is 14.4 Å². The molecule has 1 saturated heterocycles. The highest BCUT2D eigenvalue weighted by atomic mass is 19.4. The van der Waals surface area contributed by atoms with Crippen LogP contribution in [0.5, 0.6) is 0 Å². The number of hydrogen-bond donors (Lipinski definition) is 2. The molecule has 2 fully saturated rings. The summed E-state index contributed by atoms with van der Waals surface area (Å²) >= 11 is 0. The van der Waals surface area contributed by atoms with Crippen LogP contribution < -0.4 is 10.6 Å². The molecule has 0 radical (unpaired) electrons. The average Bonchev–Trinajstić information content (AvgIpc) is 3.09. The fraction of sp³-hybridized carbons (Fsp3) is 0.636. The van der Waals surface area contributed by atoms with E-state index in [1.165, 1.54) is 44.3 Å². The number of alkyl halides is 3. The minimum Gasteiger partial charge on any atom is -0.336 e. The Kier molecular flexibility index (Phi) is 6.37. The second kappa shape index (κ2) is 8.52. The summed E-state index contributed by atoms with van der Waals surface area (Å²) in [5.41, 5.74) is -1.11. The van der Waals surface area contributed by atoms with E-state index < -0.39 is 47.4 Å². The maximum atomic E-state index is 13.4. The van der Waals surface area contributed by atoms with E-state index in [9.17, 15) is 32.8 Å². The molecule has 5 atom stereocenters. The van der Waals surface area contributed by atoms with Gasteiger partial charge in [-0.2, -0.15) is 18.4 Å². The van der Waals surface area contributed by atoms with Gasteiger partial charge in [-0.1, -0.05) is 34.6 Å². The number of carbonyl (C=O) groups excluding carboxylic acids is 3. The molecule has 1 saturated carbocycles. The minimum absolute atomic E-state index is 0.0387. The summed E-state index contributed by atoms with van der Waals surface area (Å²) in [5.74, 6) is -3.89. The maximum Gasteiger partial charge on any atom is 0.471 e. The number of carbonyl (C=O) groups is 3. The number of halogens is 3. The van der Waals surface area contributed by atoms with E-state index in [2.05, 4.69) is 15.3 Å². The topological polar surface area (TPSA) is 128 Å². The zero-order valence-electron chi connectivity index (χ0n) is 19.5. The molecule has 2 heterocycles. The van der Waals surface area contributed by atoms with E-state index in [0.29, 0.717) is 0 Å². The molecule has 0 aromatic carbocycles. The Morgan fingerprint density at radius 2 is 1.85 bits per heavy atom. The summed E-state index contributed by atoms with van der Waals surface area (Å²) in [7, 11) is 0. The quantitative estimate of drug-likeness (QED) is 0.661. The van der Waals surface area contributed by atoms with Crippen molar-refractivity contribution in [3.05, 3.63) is 24.3 Å². The average molecular weight is 480 g/mol. The van der Waals surface area contributed by atoms with Gasteiger partial charge >= 0.3 is 12.1 Å². The number of aromatic nitrogens is 2. The number of nitrogens with zero attached hydrogens (tertiary/aromatic N) is 4. The van der Waals surface area contributed by atoms with Crippen LogP contribution >= 0.6 is 0 Å². The van der Waals surface area contributed by atoms with Gasteiger partial charge in [0.1, 0.15) is 12.1 Å². The molecule has 2 unspecified atom stereocenters. The minimum atomic E-state index is -5.16. The number of hydrogen-bond acceptors (Lipinski definition) is 6. The Morgan fingerprint density at radius 1 is 1.21 bits per heavy atom. The monoisotopic (exact) mass is 480 g/mol.